The van der Waals surface area contributed by atoms with Crippen molar-refractivity contribution in [3.63, 3.8) is 0 Å². The third-order valence-electron chi connectivity index (χ3n) is 5.18. The van der Waals surface area contributed by atoms with Crippen LogP contribution in [-0.4, -0.2) is 22.6 Å². The summed E-state index contributed by atoms with van der Waals surface area (Å²) in [5.41, 5.74) is 1.14. The van der Waals surface area contributed by atoms with Gasteiger partial charge in [-0.05, 0) is 49.1 Å². The Balaban J connectivity index is 1.95. The minimum Gasteiger partial charge on any atom is -0.468 e. The number of hydrogen-bond donors (Lipinski definition) is 0. The normalized spacial score (nSPS) is 18.4. The van der Waals surface area contributed by atoms with Crippen molar-refractivity contribution in [3.8, 4) is 0 Å². The van der Waals surface area contributed by atoms with E-state index in [1.807, 2.05) is 24.3 Å². The van der Waals surface area contributed by atoms with Crippen molar-refractivity contribution < 1.29 is 13.9 Å². The number of benzene rings is 1. The summed E-state index contributed by atoms with van der Waals surface area (Å²) < 4.78 is 21.7. The Morgan fingerprint density at radius 1 is 1.32 bits per heavy atom. The van der Waals surface area contributed by atoms with Crippen LogP contribution in [0.3, 0.4) is 0 Å². The van der Waals surface area contributed by atoms with Crippen molar-refractivity contribution in [2.75, 3.05) is 7.11 Å². The Bertz CT molecular complexity index is 1300. The fourth-order valence-electron chi connectivity index (χ4n) is 3.48. The number of methoxy groups -OCH3 is 1. The van der Waals surface area contributed by atoms with Crippen LogP contribution >= 0.6 is 23.1 Å². The average molecular weight is 457 g/mol. The first-order valence-corrected chi connectivity index (χ1v) is 11.5. The molecule has 1 aliphatic heterocycles. The lowest BCUT2D eigenvalue weighted by Crippen LogP contribution is -2.35. The van der Waals surface area contributed by atoms with Crippen molar-refractivity contribution >= 4 is 40.0 Å². The van der Waals surface area contributed by atoms with E-state index in [0.717, 1.165) is 16.2 Å². The van der Waals surface area contributed by atoms with Gasteiger partial charge in [0.25, 0.3) is 5.56 Å². The van der Waals surface area contributed by atoms with Crippen LogP contribution in [-0.2, 0) is 22.5 Å². The number of carbonyl (C=O) groups is 1. The van der Waals surface area contributed by atoms with Crippen molar-refractivity contribution in [1.29, 1.82) is 0 Å². The van der Waals surface area contributed by atoms with E-state index in [4.69, 9.17) is 4.74 Å². The molecule has 1 atom stereocenters. The first kappa shape index (κ1) is 21.5. The molecule has 0 aliphatic carbocycles. The third kappa shape index (κ3) is 4.50. The molecule has 0 fully saturated rings. The number of ether oxygens (including phenoxy) is 1. The fraction of sp³-hybridized carbons (Fsp3) is 0.261. The minimum absolute atomic E-state index is 0.0810. The molecule has 2 aromatic heterocycles. The number of fused-ring (bicyclic) bond motifs is 1. The molecular formula is C23H21FN2O3S2. The Labute approximate surface area is 186 Å². The van der Waals surface area contributed by atoms with Gasteiger partial charge in [-0.15, -0.1) is 11.3 Å². The third-order valence-corrected chi connectivity index (χ3v) is 7.88. The van der Waals surface area contributed by atoms with Gasteiger partial charge < -0.3 is 4.74 Å². The first-order valence-electron chi connectivity index (χ1n) is 9.86. The van der Waals surface area contributed by atoms with Crippen molar-refractivity contribution in [3.05, 3.63) is 79.2 Å². The Kier molecular flexibility index (Phi) is 6.38. The summed E-state index contributed by atoms with van der Waals surface area (Å²) in [4.78, 5) is 31.4. The average Bonchev–Trinajstić information content (AvgIpc) is 2.95. The zero-order valence-electron chi connectivity index (χ0n) is 17.1. The van der Waals surface area contributed by atoms with Gasteiger partial charge >= 0.3 is 5.97 Å². The highest BCUT2D eigenvalue weighted by atomic mass is 32.2. The number of rotatable bonds is 3. The lowest BCUT2D eigenvalue weighted by molar-refractivity contribution is -0.141. The summed E-state index contributed by atoms with van der Waals surface area (Å²) in [6.07, 6.45) is 4.82. The van der Waals surface area contributed by atoms with Gasteiger partial charge in [0.2, 0.25) is 0 Å². The van der Waals surface area contributed by atoms with Gasteiger partial charge in [-0.2, -0.15) is 0 Å². The molecule has 3 aromatic rings. The highest BCUT2D eigenvalue weighted by Crippen LogP contribution is 2.40. The van der Waals surface area contributed by atoms with Gasteiger partial charge in [0.15, 0.2) is 0 Å². The summed E-state index contributed by atoms with van der Waals surface area (Å²) in [5, 5.41) is 0. The Morgan fingerprint density at radius 2 is 2.16 bits per heavy atom. The zero-order valence-corrected chi connectivity index (χ0v) is 18.8. The monoisotopic (exact) mass is 456 g/mol. The molecular weight excluding hydrogens is 435 g/mol. The molecule has 8 heteroatoms. The number of pyridine rings is 1. The van der Waals surface area contributed by atoms with Crippen LogP contribution in [0.5, 0.6) is 0 Å². The van der Waals surface area contributed by atoms with Gasteiger partial charge in [0.05, 0.1) is 12.8 Å². The summed E-state index contributed by atoms with van der Waals surface area (Å²) in [6, 6.07) is 10.6. The van der Waals surface area contributed by atoms with Crippen LogP contribution < -0.4 is 14.8 Å². The van der Waals surface area contributed by atoms with Gasteiger partial charge in [-0.3, -0.25) is 19.1 Å². The number of hydrogen-bond acceptors (Lipinski definition) is 6. The van der Waals surface area contributed by atoms with Crippen LogP contribution in [0.2, 0.25) is 0 Å². The maximum atomic E-state index is 14.3. The number of thiazole rings is 1. The molecule has 1 unspecified atom stereocenters. The van der Waals surface area contributed by atoms with Crippen molar-refractivity contribution in [2.45, 2.75) is 31.2 Å². The quantitative estimate of drug-likeness (QED) is 0.567. The molecule has 0 saturated heterocycles. The number of halogens is 1. The van der Waals surface area contributed by atoms with Crippen LogP contribution in [0.25, 0.3) is 11.0 Å². The highest BCUT2D eigenvalue weighted by molar-refractivity contribution is 8.08. The predicted octanol–water partition coefficient (Wildman–Crippen LogP) is 2.93. The van der Waals surface area contributed by atoms with E-state index >= 15 is 0 Å². The van der Waals surface area contributed by atoms with Crippen LogP contribution in [0.4, 0.5) is 4.39 Å². The highest BCUT2D eigenvalue weighted by Gasteiger charge is 2.23. The SMILES string of the molecule is COC(=O)Cn1c(=Cc2ccccn2)sc(=C2Sc3cccc(F)c3CCC2C)c1=O. The van der Waals surface area contributed by atoms with E-state index in [-0.39, 0.29) is 23.8 Å². The van der Waals surface area contributed by atoms with E-state index in [9.17, 15) is 14.0 Å². The number of thioether (sulfide) groups is 1. The van der Waals surface area contributed by atoms with Crippen LogP contribution in [0, 0.1) is 11.7 Å². The molecule has 0 N–H and O–H groups in total. The second-order valence-electron chi connectivity index (χ2n) is 7.26. The Morgan fingerprint density at radius 3 is 2.90 bits per heavy atom. The Hall–Kier alpha value is -2.71. The molecule has 0 spiro atoms. The smallest absolute Gasteiger partial charge is 0.325 e. The fourth-order valence-corrected chi connectivity index (χ4v) is 6.08. The number of nitrogens with zero attached hydrogens (tertiary/aromatic N) is 2. The topological polar surface area (TPSA) is 61.2 Å². The molecule has 1 aromatic carbocycles. The molecule has 0 radical (unpaired) electrons. The molecule has 0 bridgehead atoms. The van der Waals surface area contributed by atoms with Crippen molar-refractivity contribution in [1.82, 2.24) is 9.55 Å². The van der Waals surface area contributed by atoms with E-state index in [1.165, 1.54) is 40.8 Å². The lowest BCUT2D eigenvalue weighted by atomic mass is 10.0. The van der Waals surface area contributed by atoms with Gasteiger partial charge in [0.1, 0.15) is 21.6 Å². The molecule has 5 nitrogen and oxygen atoms in total. The molecule has 4 rings (SSSR count). The molecule has 0 amide bonds. The van der Waals surface area contributed by atoms with Crippen LogP contribution in [0.15, 0.2) is 52.3 Å². The molecule has 160 valence electrons. The van der Waals surface area contributed by atoms with E-state index in [1.54, 1.807) is 18.3 Å². The van der Waals surface area contributed by atoms with Crippen LogP contribution in [0.1, 0.15) is 24.6 Å². The van der Waals surface area contributed by atoms with Crippen molar-refractivity contribution in [2.24, 2.45) is 5.92 Å². The predicted molar refractivity (Wildman–Crippen MR) is 121 cm³/mol. The number of carbonyl (C=O) groups excluding carboxylic acids is 1. The van der Waals surface area contributed by atoms with Gasteiger partial charge in [0, 0.05) is 21.6 Å². The van der Waals surface area contributed by atoms with Gasteiger partial charge in [-0.25, -0.2) is 4.39 Å². The molecule has 31 heavy (non-hydrogen) atoms. The first-order chi connectivity index (χ1) is 15.0. The summed E-state index contributed by atoms with van der Waals surface area (Å²) in [5.74, 6) is -0.629. The maximum absolute atomic E-state index is 14.3. The lowest BCUT2D eigenvalue weighted by Gasteiger charge is -2.09. The van der Waals surface area contributed by atoms with E-state index < -0.39 is 5.97 Å². The largest absolute Gasteiger partial charge is 0.468 e. The molecule has 1 aliphatic rings. The van der Waals surface area contributed by atoms with E-state index in [0.29, 0.717) is 26.9 Å². The zero-order chi connectivity index (χ0) is 22.0. The second-order valence-corrected chi connectivity index (χ2v) is 9.37. The summed E-state index contributed by atoms with van der Waals surface area (Å²) in [7, 11) is 1.30. The standard InChI is InChI=1S/C23H21FN2O3S2/c1-14-9-10-16-17(24)7-5-8-18(16)30-21(14)22-23(28)26(13-20(27)29-2)19(31-22)12-15-6-3-4-11-25-15/h3-8,11-12,14H,9-10,13H2,1-2H3. The summed E-state index contributed by atoms with van der Waals surface area (Å²) in [6.45, 7) is 1.88. The second kappa shape index (κ2) is 9.20. The number of esters is 1. The minimum atomic E-state index is -0.499. The maximum Gasteiger partial charge on any atom is 0.325 e. The summed E-state index contributed by atoms with van der Waals surface area (Å²) >= 11 is 2.78. The van der Waals surface area contributed by atoms with E-state index in [2.05, 4.69) is 11.9 Å². The number of aromatic nitrogens is 2. The van der Waals surface area contributed by atoms with Gasteiger partial charge in [-0.1, -0.05) is 30.8 Å². The molecule has 0 saturated carbocycles. The molecule has 3 heterocycles.